The van der Waals surface area contributed by atoms with Crippen LogP contribution in [-0.2, 0) is 9.53 Å². The van der Waals surface area contributed by atoms with Gasteiger partial charge in [0, 0.05) is 11.3 Å². The molecule has 3 N–H and O–H groups in total. The Hall–Kier alpha value is -3.75. The number of benzene rings is 2. The Morgan fingerprint density at radius 1 is 0.897 bits per heavy atom. The lowest BCUT2D eigenvalue weighted by Crippen LogP contribution is -2.30. The van der Waals surface area contributed by atoms with Crippen molar-refractivity contribution >= 4 is 23.5 Å². The summed E-state index contributed by atoms with van der Waals surface area (Å²) in [5, 5.41) is 2.59. The highest BCUT2D eigenvalue weighted by Crippen LogP contribution is 2.40. The first-order valence-electron chi connectivity index (χ1n) is 8.53. The summed E-state index contributed by atoms with van der Waals surface area (Å²) >= 11 is 0. The van der Waals surface area contributed by atoms with E-state index >= 15 is 0 Å². The molecule has 0 radical (unpaired) electrons. The maximum absolute atomic E-state index is 12.5. The number of ether oxygens (including phenoxy) is 4. The lowest BCUT2D eigenvalue weighted by Gasteiger charge is -2.17. The molecule has 2 rings (SSSR count). The number of nitrogens with two attached hydrogens (primary N) is 1. The van der Waals surface area contributed by atoms with Crippen LogP contribution < -0.4 is 25.3 Å². The molecule has 0 unspecified atom stereocenters. The zero-order valence-electron chi connectivity index (χ0n) is 16.5. The van der Waals surface area contributed by atoms with Crippen molar-refractivity contribution in [1.82, 2.24) is 0 Å². The van der Waals surface area contributed by atoms with Crippen molar-refractivity contribution in [1.29, 1.82) is 0 Å². The monoisotopic (exact) mass is 402 g/mol. The van der Waals surface area contributed by atoms with Gasteiger partial charge < -0.3 is 30.0 Å². The highest BCUT2D eigenvalue weighted by atomic mass is 16.6. The Bertz CT molecular complexity index is 910. The van der Waals surface area contributed by atoms with E-state index in [1.807, 2.05) is 0 Å². The number of nitrogens with one attached hydrogen (secondary N) is 1. The fourth-order valence-electron chi connectivity index (χ4n) is 2.50. The predicted molar refractivity (Wildman–Crippen MR) is 105 cm³/mol. The molecule has 0 saturated carbocycles. The minimum Gasteiger partial charge on any atom is -0.493 e. The lowest BCUT2D eigenvalue weighted by atomic mass is 10.1. The summed E-state index contributed by atoms with van der Waals surface area (Å²) in [7, 11) is 4.24. The van der Waals surface area contributed by atoms with E-state index in [1.54, 1.807) is 0 Å². The predicted octanol–water partition coefficient (Wildman–Crippen LogP) is 2.00. The molecule has 9 heteroatoms. The Kier molecular flexibility index (Phi) is 7.02. The maximum atomic E-state index is 12.5. The first-order valence-corrected chi connectivity index (χ1v) is 8.53. The van der Waals surface area contributed by atoms with Crippen molar-refractivity contribution in [2.45, 2.75) is 13.0 Å². The van der Waals surface area contributed by atoms with Gasteiger partial charge in [0.15, 0.2) is 17.6 Å². The average Bonchev–Trinajstić information content (AvgIpc) is 2.72. The number of esters is 1. The second-order valence-electron chi connectivity index (χ2n) is 5.86. The number of rotatable bonds is 8. The van der Waals surface area contributed by atoms with Gasteiger partial charge in [0.05, 0.1) is 21.3 Å². The summed E-state index contributed by atoms with van der Waals surface area (Å²) in [4.78, 5) is 36.0. The summed E-state index contributed by atoms with van der Waals surface area (Å²) in [5.41, 5.74) is 5.99. The molecule has 0 aliphatic heterocycles. The largest absolute Gasteiger partial charge is 0.493 e. The zero-order valence-corrected chi connectivity index (χ0v) is 16.5. The van der Waals surface area contributed by atoms with Crippen LogP contribution in [0.25, 0.3) is 0 Å². The summed E-state index contributed by atoms with van der Waals surface area (Å²) in [6, 6.07) is 8.97. The molecule has 1 atom stereocenters. The van der Waals surface area contributed by atoms with Crippen LogP contribution in [0, 0.1) is 0 Å². The van der Waals surface area contributed by atoms with E-state index < -0.39 is 23.9 Å². The summed E-state index contributed by atoms with van der Waals surface area (Å²) in [6.45, 7) is 1.43. The molecule has 0 aliphatic carbocycles. The Labute approximate surface area is 167 Å². The van der Waals surface area contributed by atoms with Gasteiger partial charge in [-0.3, -0.25) is 9.59 Å². The van der Waals surface area contributed by atoms with Gasteiger partial charge in [-0.1, -0.05) is 0 Å². The molecule has 29 heavy (non-hydrogen) atoms. The second-order valence-corrected chi connectivity index (χ2v) is 5.86. The first-order chi connectivity index (χ1) is 13.8. The van der Waals surface area contributed by atoms with Gasteiger partial charge in [-0.25, -0.2) is 4.79 Å². The van der Waals surface area contributed by atoms with Gasteiger partial charge in [-0.15, -0.1) is 0 Å². The van der Waals surface area contributed by atoms with Gasteiger partial charge >= 0.3 is 5.97 Å². The standard InChI is InChI=1S/C20H22N2O7/c1-11(19(24)22-13-7-5-12(6-8-13)18(21)23)29-20(25)14-9-10-15(26-2)17(28-4)16(14)27-3/h5-11H,1-4H3,(H2,21,23)(H,22,24)/t11-/m0/s1. The van der Waals surface area contributed by atoms with Crippen LogP contribution in [-0.4, -0.2) is 45.2 Å². The molecule has 0 saturated heterocycles. The summed E-state index contributed by atoms with van der Waals surface area (Å²) in [6.07, 6.45) is -1.10. The van der Waals surface area contributed by atoms with Crippen molar-refractivity contribution in [3.63, 3.8) is 0 Å². The van der Waals surface area contributed by atoms with Gasteiger partial charge in [0.1, 0.15) is 5.56 Å². The minimum absolute atomic E-state index is 0.0793. The van der Waals surface area contributed by atoms with Gasteiger partial charge in [0.2, 0.25) is 11.7 Å². The van der Waals surface area contributed by atoms with Crippen molar-refractivity contribution in [3.05, 3.63) is 47.5 Å². The highest BCUT2D eigenvalue weighted by Gasteiger charge is 2.25. The van der Waals surface area contributed by atoms with E-state index in [9.17, 15) is 14.4 Å². The third-order valence-electron chi connectivity index (χ3n) is 4.01. The van der Waals surface area contributed by atoms with Crippen molar-refractivity contribution in [3.8, 4) is 17.2 Å². The SMILES string of the molecule is COc1ccc(C(=O)O[C@@H](C)C(=O)Nc2ccc(C(N)=O)cc2)c(OC)c1OC. The Morgan fingerprint density at radius 2 is 1.52 bits per heavy atom. The van der Waals surface area contributed by atoms with E-state index in [0.717, 1.165) is 0 Å². The molecule has 9 nitrogen and oxygen atoms in total. The fourth-order valence-corrected chi connectivity index (χ4v) is 2.50. The molecule has 0 spiro atoms. The molecule has 0 aliphatic rings. The quantitative estimate of drug-likeness (QED) is 0.647. The number of hydrogen-bond acceptors (Lipinski definition) is 7. The molecule has 2 aromatic rings. The van der Waals surface area contributed by atoms with Crippen LogP contribution in [0.2, 0.25) is 0 Å². The Balaban J connectivity index is 2.11. The summed E-state index contributed by atoms with van der Waals surface area (Å²) in [5.74, 6) is -1.15. The molecular formula is C20H22N2O7. The van der Waals surface area contributed by atoms with Crippen LogP contribution in [0.5, 0.6) is 17.2 Å². The second kappa shape index (κ2) is 9.45. The zero-order chi connectivity index (χ0) is 21.6. The number of anilines is 1. The molecular weight excluding hydrogens is 380 g/mol. The van der Waals surface area contributed by atoms with E-state index in [2.05, 4.69) is 5.32 Å². The van der Waals surface area contributed by atoms with Crippen molar-refractivity contribution in [2.75, 3.05) is 26.6 Å². The molecule has 0 heterocycles. The molecule has 2 aromatic carbocycles. The highest BCUT2D eigenvalue weighted by molar-refractivity contribution is 5.99. The van der Waals surface area contributed by atoms with Crippen molar-refractivity contribution in [2.24, 2.45) is 5.73 Å². The van der Waals surface area contributed by atoms with E-state index in [-0.39, 0.29) is 17.1 Å². The molecule has 0 bridgehead atoms. The van der Waals surface area contributed by atoms with Gasteiger partial charge in [-0.2, -0.15) is 0 Å². The van der Waals surface area contributed by atoms with E-state index in [4.69, 9.17) is 24.7 Å². The molecule has 2 amide bonds. The third-order valence-corrected chi connectivity index (χ3v) is 4.01. The molecule has 154 valence electrons. The van der Waals surface area contributed by atoms with Crippen LogP contribution in [0.15, 0.2) is 36.4 Å². The molecule has 0 aromatic heterocycles. The number of amides is 2. The number of primary amides is 1. The first kappa shape index (κ1) is 21.5. The normalized spacial score (nSPS) is 11.2. The number of methoxy groups -OCH3 is 3. The smallest absolute Gasteiger partial charge is 0.342 e. The Morgan fingerprint density at radius 3 is 2.03 bits per heavy atom. The topological polar surface area (TPSA) is 126 Å². The number of hydrogen-bond donors (Lipinski definition) is 2. The van der Waals surface area contributed by atoms with Gasteiger partial charge in [-0.05, 0) is 43.3 Å². The summed E-state index contributed by atoms with van der Waals surface area (Å²) < 4.78 is 20.9. The number of carbonyl (C=O) groups is 3. The fraction of sp³-hybridized carbons (Fsp3) is 0.250. The van der Waals surface area contributed by atoms with Crippen LogP contribution >= 0.6 is 0 Å². The van der Waals surface area contributed by atoms with E-state index in [0.29, 0.717) is 17.0 Å². The van der Waals surface area contributed by atoms with Crippen LogP contribution in [0.4, 0.5) is 5.69 Å². The van der Waals surface area contributed by atoms with Crippen molar-refractivity contribution < 1.29 is 33.3 Å². The number of carbonyl (C=O) groups excluding carboxylic acids is 3. The maximum Gasteiger partial charge on any atom is 0.342 e. The average molecular weight is 402 g/mol. The van der Waals surface area contributed by atoms with Crippen LogP contribution in [0.3, 0.4) is 0 Å². The third kappa shape index (κ3) is 4.95. The van der Waals surface area contributed by atoms with Crippen LogP contribution in [0.1, 0.15) is 27.6 Å². The van der Waals surface area contributed by atoms with E-state index in [1.165, 1.54) is 64.7 Å². The van der Waals surface area contributed by atoms with Gasteiger partial charge in [0.25, 0.3) is 5.91 Å². The minimum atomic E-state index is -1.10. The molecule has 0 fully saturated rings. The lowest BCUT2D eigenvalue weighted by molar-refractivity contribution is -0.123.